The number of hydrogen-bond acceptors (Lipinski definition) is 4. The summed E-state index contributed by atoms with van der Waals surface area (Å²) in [6.45, 7) is 0.440. The molecule has 2 aromatic carbocycles. The Hall–Kier alpha value is -2.22. The Balaban J connectivity index is 1.68. The van der Waals surface area contributed by atoms with E-state index in [-0.39, 0.29) is 11.4 Å². The Bertz CT molecular complexity index is 1050. The smallest absolute Gasteiger partial charge is 0.243 e. The van der Waals surface area contributed by atoms with Gasteiger partial charge in [0.25, 0.3) is 0 Å². The Morgan fingerprint density at radius 2 is 1.77 bits per heavy atom. The van der Waals surface area contributed by atoms with E-state index in [0.29, 0.717) is 23.7 Å². The van der Waals surface area contributed by atoms with Crippen LogP contribution in [0.3, 0.4) is 0 Å². The minimum absolute atomic E-state index is 0.0619. The van der Waals surface area contributed by atoms with Crippen LogP contribution in [0.5, 0.6) is 0 Å². The highest BCUT2D eigenvalue weighted by Gasteiger charge is 2.32. The molecule has 134 valence electrons. The van der Waals surface area contributed by atoms with Gasteiger partial charge in [0.1, 0.15) is 5.82 Å². The molecule has 4 rings (SSSR count). The molecule has 1 aromatic heterocycles. The highest BCUT2D eigenvalue weighted by Crippen LogP contribution is 2.33. The zero-order valence-corrected chi connectivity index (χ0v) is 15.1. The fourth-order valence-corrected chi connectivity index (χ4v) is 4.51. The number of fused-ring (bicyclic) bond motifs is 1. The summed E-state index contributed by atoms with van der Waals surface area (Å²) in [6.07, 6.45) is 0.451. The topological polar surface area (TPSA) is 63.4 Å². The van der Waals surface area contributed by atoms with Crippen LogP contribution in [0.4, 0.5) is 4.39 Å². The maximum absolute atomic E-state index is 13.1. The molecule has 0 bridgehead atoms. The first-order valence-corrected chi connectivity index (χ1v) is 9.76. The zero-order chi connectivity index (χ0) is 18.3. The van der Waals surface area contributed by atoms with Gasteiger partial charge in [-0.3, -0.25) is 0 Å². The van der Waals surface area contributed by atoms with E-state index in [0.717, 1.165) is 29.0 Å². The third-order valence-electron chi connectivity index (χ3n) is 4.36. The van der Waals surface area contributed by atoms with E-state index in [1.807, 2.05) is 0 Å². The summed E-state index contributed by atoms with van der Waals surface area (Å²) in [7, 11) is -3.73. The molecule has 2 heterocycles. The van der Waals surface area contributed by atoms with Gasteiger partial charge in [0.05, 0.1) is 10.6 Å². The highest BCUT2D eigenvalue weighted by molar-refractivity contribution is 7.89. The summed E-state index contributed by atoms with van der Waals surface area (Å²) in [6, 6.07) is 11.9. The van der Waals surface area contributed by atoms with Crippen LogP contribution < -0.4 is 0 Å². The van der Waals surface area contributed by atoms with Gasteiger partial charge in [0.15, 0.2) is 5.76 Å². The Labute approximate surface area is 155 Å². The second-order valence-electron chi connectivity index (χ2n) is 5.99. The van der Waals surface area contributed by atoms with Gasteiger partial charge in [-0.05, 0) is 48.5 Å². The molecular weight excluding hydrogens is 379 g/mol. The third-order valence-corrected chi connectivity index (χ3v) is 6.47. The first kappa shape index (κ1) is 17.2. The van der Waals surface area contributed by atoms with Crippen molar-refractivity contribution in [2.75, 3.05) is 6.54 Å². The summed E-state index contributed by atoms with van der Waals surface area (Å²) < 4.78 is 45.6. The summed E-state index contributed by atoms with van der Waals surface area (Å²) >= 11 is 5.92. The largest absolute Gasteiger partial charge is 0.356 e. The van der Waals surface area contributed by atoms with Crippen molar-refractivity contribution in [3.63, 3.8) is 0 Å². The molecule has 0 amide bonds. The quantitative estimate of drug-likeness (QED) is 0.678. The van der Waals surface area contributed by atoms with Crippen LogP contribution in [0.2, 0.25) is 5.02 Å². The molecule has 0 aliphatic carbocycles. The minimum Gasteiger partial charge on any atom is -0.356 e. The van der Waals surface area contributed by atoms with Gasteiger partial charge in [-0.2, -0.15) is 4.31 Å². The summed E-state index contributed by atoms with van der Waals surface area (Å²) in [5.74, 6) is 0.0598. The van der Waals surface area contributed by atoms with Crippen molar-refractivity contribution >= 4 is 21.6 Å². The predicted octanol–water partition coefficient (Wildman–Crippen LogP) is 3.88. The normalized spacial score (nSPS) is 15.0. The molecule has 0 atom stereocenters. The number of aromatic nitrogens is 1. The second kappa shape index (κ2) is 6.50. The molecular formula is C18H14ClFN2O3S. The van der Waals surface area contributed by atoms with Crippen molar-refractivity contribution in [2.45, 2.75) is 17.9 Å². The molecule has 3 aromatic rings. The highest BCUT2D eigenvalue weighted by atomic mass is 35.5. The molecule has 5 nitrogen and oxygen atoms in total. The van der Waals surface area contributed by atoms with Crippen LogP contribution in [0.1, 0.15) is 11.3 Å². The number of sulfonamides is 1. The average Bonchev–Trinajstić information content (AvgIpc) is 3.06. The van der Waals surface area contributed by atoms with Gasteiger partial charge in [0.2, 0.25) is 10.0 Å². The Kier molecular flexibility index (Phi) is 4.30. The van der Waals surface area contributed by atoms with Crippen molar-refractivity contribution in [1.29, 1.82) is 0 Å². The standard InChI is InChI=1S/C18H14ClFN2O3S/c19-13-3-1-12(2-4-13)18-16-11-22(10-9-17(16)21-25-18)26(23,24)15-7-5-14(20)6-8-15/h1-8H,9-11H2. The molecule has 1 aliphatic heterocycles. The summed E-state index contributed by atoms with van der Waals surface area (Å²) in [4.78, 5) is 0.0619. The lowest BCUT2D eigenvalue weighted by Gasteiger charge is -2.25. The van der Waals surface area contributed by atoms with Gasteiger partial charge in [0, 0.05) is 35.7 Å². The fraction of sp³-hybridized carbons (Fsp3) is 0.167. The van der Waals surface area contributed by atoms with Gasteiger partial charge in [-0.25, -0.2) is 12.8 Å². The Morgan fingerprint density at radius 3 is 2.46 bits per heavy atom. The van der Waals surface area contributed by atoms with Gasteiger partial charge >= 0.3 is 0 Å². The van der Waals surface area contributed by atoms with Crippen molar-refractivity contribution in [2.24, 2.45) is 0 Å². The number of halogens is 2. The molecule has 1 aliphatic rings. The van der Waals surface area contributed by atoms with E-state index < -0.39 is 15.8 Å². The van der Waals surface area contributed by atoms with E-state index in [1.54, 1.807) is 24.3 Å². The van der Waals surface area contributed by atoms with Crippen molar-refractivity contribution in [3.8, 4) is 11.3 Å². The maximum atomic E-state index is 13.1. The van der Waals surface area contributed by atoms with Crippen LogP contribution in [0.15, 0.2) is 57.9 Å². The van der Waals surface area contributed by atoms with Crippen LogP contribution >= 0.6 is 11.6 Å². The molecule has 0 saturated heterocycles. The zero-order valence-electron chi connectivity index (χ0n) is 13.5. The lowest BCUT2D eigenvalue weighted by molar-refractivity contribution is 0.386. The monoisotopic (exact) mass is 392 g/mol. The van der Waals surface area contributed by atoms with Crippen LogP contribution in [-0.4, -0.2) is 24.4 Å². The van der Waals surface area contributed by atoms with E-state index in [2.05, 4.69) is 5.16 Å². The van der Waals surface area contributed by atoms with E-state index in [4.69, 9.17) is 16.1 Å². The van der Waals surface area contributed by atoms with Crippen LogP contribution in [-0.2, 0) is 23.0 Å². The molecule has 8 heteroatoms. The van der Waals surface area contributed by atoms with Crippen molar-refractivity contribution in [1.82, 2.24) is 9.46 Å². The fourth-order valence-electron chi connectivity index (χ4n) is 2.98. The maximum Gasteiger partial charge on any atom is 0.243 e. The molecule has 0 unspecified atom stereocenters. The molecule has 0 spiro atoms. The van der Waals surface area contributed by atoms with Gasteiger partial charge in [-0.1, -0.05) is 16.8 Å². The van der Waals surface area contributed by atoms with Crippen molar-refractivity contribution < 1.29 is 17.3 Å². The first-order chi connectivity index (χ1) is 12.4. The molecule has 26 heavy (non-hydrogen) atoms. The van der Waals surface area contributed by atoms with E-state index in [1.165, 1.54) is 16.4 Å². The van der Waals surface area contributed by atoms with Gasteiger partial charge in [-0.15, -0.1) is 0 Å². The predicted molar refractivity (Wildman–Crippen MR) is 94.6 cm³/mol. The Morgan fingerprint density at radius 1 is 1.08 bits per heavy atom. The molecule has 0 radical (unpaired) electrons. The minimum atomic E-state index is -3.73. The lowest BCUT2D eigenvalue weighted by atomic mass is 10.0. The second-order valence-corrected chi connectivity index (χ2v) is 8.36. The number of nitrogens with zero attached hydrogens (tertiary/aromatic N) is 2. The van der Waals surface area contributed by atoms with Crippen molar-refractivity contribution in [3.05, 3.63) is 70.6 Å². The molecule has 0 fully saturated rings. The number of benzene rings is 2. The van der Waals surface area contributed by atoms with Crippen LogP contribution in [0, 0.1) is 5.82 Å². The van der Waals surface area contributed by atoms with E-state index >= 15 is 0 Å². The van der Waals surface area contributed by atoms with Gasteiger partial charge < -0.3 is 4.52 Å². The average molecular weight is 393 g/mol. The summed E-state index contributed by atoms with van der Waals surface area (Å²) in [5, 5.41) is 4.68. The molecule has 0 N–H and O–H groups in total. The van der Waals surface area contributed by atoms with Crippen LogP contribution in [0.25, 0.3) is 11.3 Å². The first-order valence-electron chi connectivity index (χ1n) is 7.94. The molecule has 0 saturated carbocycles. The number of rotatable bonds is 3. The lowest BCUT2D eigenvalue weighted by Crippen LogP contribution is -2.35. The van der Waals surface area contributed by atoms with E-state index in [9.17, 15) is 12.8 Å². The number of hydrogen-bond donors (Lipinski definition) is 0. The SMILES string of the molecule is O=S(=O)(c1ccc(F)cc1)N1CCc2noc(-c3ccc(Cl)cc3)c2C1. The summed E-state index contributed by atoms with van der Waals surface area (Å²) in [5.41, 5.74) is 2.27. The third kappa shape index (κ3) is 3.02.